The minimum atomic E-state index is -1.14. The number of anilines is 4. The summed E-state index contributed by atoms with van der Waals surface area (Å²) in [5.74, 6) is 0.373. The molecule has 5 rings (SSSR count). The highest BCUT2D eigenvalue weighted by molar-refractivity contribution is 5.94. The van der Waals surface area contributed by atoms with E-state index in [0.29, 0.717) is 30.3 Å². The maximum Gasteiger partial charge on any atom is 0.341 e. The number of nitrogens with zero attached hydrogens (tertiary/aromatic N) is 5. The first-order valence-electron chi connectivity index (χ1n) is 9.92. The molecule has 1 aliphatic heterocycles. The van der Waals surface area contributed by atoms with Crippen LogP contribution in [0, 0.1) is 0 Å². The molecule has 0 atom stereocenters. The summed E-state index contributed by atoms with van der Waals surface area (Å²) >= 11 is 0. The summed E-state index contributed by atoms with van der Waals surface area (Å²) in [6, 6.07) is 11.0. The number of nitrogens with one attached hydrogen (secondary N) is 2. The van der Waals surface area contributed by atoms with Crippen molar-refractivity contribution in [1.82, 2.24) is 24.7 Å². The average Bonchev–Trinajstić information content (AvgIpc) is 3.04. The molecule has 0 radical (unpaired) electrons. The van der Waals surface area contributed by atoms with Gasteiger partial charge in [0.25, 0.3) is 0 Å². The zero-order chi connectivity index (χ0) is 22.1. The van der Waals surface area contributed by atoms with E-state index in [0.717, 1.165) is 16.8 Å². The van der Waals surface area contributed by atoms with Crippen LogP contribution in [0.2, 0.25) is 0 Å². The Labute approximate surface area is 182 Å². The van der Waals surface area contributed by atoms with E-state index in [1.54, 1.807) is 18.3 Å². The zero-order valence-corrected chi connectivity index (χ0v) is 17.1. The van der Waals surface area contributed by atoms with Crippen molar-refractivity contribution in [2.45, 2.75) is 6.42 Å². The number of aryl methyl sites for hydroxylation is 1. The standard InChI is InChI=1S/C22H19N7O3/c1-29-17-8-10-32-19-13(14(17)12-25-29)5-4-6-16(19)26-20-15(21(30)31)11-24-22(28-20)27-18-7-2-3-9-23-18/h2-7,9,11-12H,8,10H2,1H3,(H,30,31)(H2,23,24,26,27,28). The largest absolute Gasteiger partial charge is 0.490 e. The molecule has 0 spiro atoms. The van der Waals surface area contributed by atoms with Crippen LogP contribution in [0.1, 0.15) is 16.1 Å². The van der Waals surface area contributed by atoms with Gasteiger partial charge in [0.1, 0.15) is 11.4 Å². The van der Waals surface area contributed by atoms with E-state index in [2.05, 4.69) is 30.7 Å². The quantitative estimate of drug-likeness (QED) is 0.437. The molecule has 0 saturated carbocycles. The van der Waals surface area contributed by atoms with Crippen LogP contribution in [0.5, 0.6) is 5.75 Å². The lowest BCUT2D eigenvalue weighted by atomic mass is 10.0. The van der Waals surface area contributed by atoms with Gasteiger partial charge in [-0.05, 0) is 18.2 Å². The molecule has 0 aliphatic carbocycles. The van der Waals surface area contributed by atoms with Crippen molar-refractivity contribution in [2.75, 3.05) is 17.2 Å². The van der Waals surface area contributed by atoms with E-state index in [1.807, 2.05) is 42.2 Å². The van der Waals surface area contributed by atoms with Gasteiger partial charge in [-0.2, -0.15) is 10.1 Å². The van der Waals surface area contributed by atoms with Crippen LogP contribution in [-0.2, 0) is 13.5 Å². The van der Waals surface area contributed by atoms with Crippen molar-refractivity contribution >= 4 is 29.2 Å². The highest BCUT2D eigenvalue weighted by Crippen LogP contribution is 2.41. The number of carboxylic acid groups (broad SMARTS) is 1. The number of ether oxygens (including phenoxy) is 1. The zero-order valence-electron chi connectivity index (χ0n) is 17.1. The Morgan fingerprint density at radius 3 is 2.81 bits per heavy atom. The molecule has 0 fully saturated rings. The summed E-state index contributed by atoms with van der Waals surface area (Å²) in [4.78, 5) is 24.5. The Morgan fingerprint density at radius 1 is 1.09 bits per heavy atom. The first kappa shape index (κ1) is 19.5. The molecule has 10 nitrogen and oxygen atoms in total. The number of benzene rings is 1. The minimum absolute atomic E-state index is 0.0649. The summed E-state index contributed by atoms with van der Waals surface area (Å²) in [5, 5.41) is 20.1. The van der Waals surface area contributed by atoms with E-state index in [9.17, 15) is 9.90 Å². The Kier molecular flexibility index (Phi) is 4.86. The molecular weight excluding hydrogens is 410 g/mol. The van der Waals surface area contributed by atoms with Gasteiger partial charge in [0, 0.05) is 42.7 Å². The van der Waals surface area contributed by atoms with E-state index in [1.165, 1.54) is 6.20 Å². The van der Waals surface area contributed by atoms with Gasteiger partial charge in [-0.3, -0.25) is 4.68 Å². The number of rotatable bonds is 5. The van der Waals surface area contributed by atoms with Crippen molar-refractivity contribution in [1.29, 1.82) is 0 Å². The molecule has 0 unspecified atom stereocenters. The van der Waals surface area contributed by atoms with Crippen LogP contribution in [0.15, 0.2) is 55.0 Å². The summed E-state index contributed by atoms with van der Waals surface area (Å²) < 4.78 is 7.90. The minimum Gasteiger partial charge on any atom is -0.490 e. The van der Waals surface area contributed by atoms with Crippen molar-refractivity contribution < 1.29 is 14.6 Å². The van der Waals surface area contributed by atoms with Gasteiger partial charge in [0.2, 0.25) is 5.95 Å². The van der Waals surface area contributed by atoms with Crippen LogP contribution >= 0.6 is 0 Å². The SMILES string of the molecule is Cn1ncc2c1CCOc1c(Nc3nc(Nc4ccccn4)ncc3C(=O)O)cccc1-2. The highest BCUT2D eigenvalue weighted by atomic mass is 16.5. The topological polar surface area (TPSA) is 127 Å². The smallest absolute Gasteiger partial charge is 0.341 e. The van der Waals surface area contributed by atoms with Crippen LogP contribution in [0.4, 0.5) is 23.3 Å². The number of carbonyl (C=O) groups is 1. The van der Waals surface area contributed by atoms with E-state index in [4.69, 9.17) is 4.74 Å². The van der Waals surface area contributed by atoms with E-state index >= 15 is 0 Å². The van der Waals surface area contributed by atoms with Crippen LogP contribution in [0.25, 0.3) is 11.1 Å². The predicted molar refractivity (Wildman–Crippen MR) is 118 cm³/mol. The number of hydrogen-bond donors (Lipinski definition) is 3. The molecular formula is C22H19N7O3. The molecule has 3 N–H and O–H groups in total. The van der Waals surface area contributed by atoms with Crippen LogP contribution < -0.4 is 15.4 Å². The van der Waals surface area contributed by atoms with Gasteiger partial charge in [-0.1, -0.05) is 18.2 Å². The molecule has 160 valence electrons. The highest BCUT2D eigenvalue weighted by Gasteiger charge is 2.23. The maximum atomic E-state index is 11.8. The summed E-state index contributed by atoms with van der Waals surface area (Å²) in [6.45, 7) is 0.472. The van der Waals surface area contributed by atoms with Crippen LogP contribution in [-0.4, -0.2) is 42.4 Å². The summed E-state index contributed by atoms with van der Waals surface area (Å²) in [6.07, 6.45) is 5.42. The number of pyridine rings is 1. The normalized spacial score (nSPS) is 12.2. The number of aromatic carboxylic acids is 1. The molecule has 0 amide bonds. The number of hydrogen-bond acceptors (Lipinski definition) is 8. The van der Waals surface area contributed by atoms with Gasteiger partial charge in [0.05, 0.1) is 18.5 Å². The Hall–Kier alpha value is -4.47. The average molecular weight is 429 g/mol. The Bertz CT molecular complexity index is 1300. The first-order chi connectivity index (χ1) is 15.6. The molecule has 3 aromatic heterocycles. The lowest BCUT2D eigenvalue weighted by Gasteiger charge is -2.16. The van der Waals surface area contributed by atoms with E-state index in [-0.39, 0.29) is 17.3 Å². The van der Waals surface area contributed by atoms with E-state index < -0.39 is 5.97 Å². The van der Waals surface area contributed by atoms with Gasteiger partial charge in [0.15, 0.2) is 11.6 Å². The third-order valence-electron chi connectivity index (χ3n) is 5.13. The summed E-state index contributed by atoms with van der Waals surface area (Å²) in [5.41, 5.74) is 3.49. The molecule has 4 heterocycles. The van der Waals surface area contributed by atoms with Crippen molar-refractivity contribution in [3.05, 3.63) is 66.2 Å². The second-order valence-electron chi connectivity index (χ2n) is 7.14. The lowest BCUT2D eigenvalue weighted by Crippen LogP contribution is -2.10. The number of carboxylic acids is 1. The third kappa shape index (κ3) is 3.58. The Balaban J connectivity index is 1.54. The fourth-order valence-electron chi connectivity index (χ4n) is 3.61. The Morgan fingerprint density at radius 2 is 2.00 bits per heavy atom. The first-order valence-corrected chi connectivity index (χ1v) is 9.92. The molecule has 32 heavy (non-hydrogen) atoms. The van der Waals surface area contributed by atoms with Gasteiger partial charge >= 0.3 is 5.97 Å². The summed E-state index contributed by atoms with van der Waals surface area (Å²) in [7, 11) is 1.90. The predicted octanol–water partition coefficient (Wildman–Crippen LogP) is 3.39. The fourth-order valence-corrected chi connectivity index (χ4v) is 3.61. The molecule has 0 saturated heterocycles. The molecule has 4 aromatic rings. The van der Waals surface area contributed by atoms with Crippen molar-refractivity contribution in [3.8, 4) is 16.9 Å². The molecule has 10 heteroatoms. The molecule has 0 bridgehead atoms. The monoisotopic (exact) mass is 429 g/mol. The second-order valence-corrected chi connectivity index (χ2v) is 7.14. The molecule has 1 aromatic carbocycles. The van der Waals surface area contributed by atoms with Crippen LogP contribution in [0.3, 0.4) is 0 Å². The second kappa shape index (κ2) is 7.99. The number of aromatic nitrogens is 5. The van der Waals surface area contributed by atoms with Crippen molar-refractivity contribution in [2.24, 2.45) is 7.05 Å². The number of fused-ring (bicyclic) bond motifs is 3. The van der Waals surface area contributed by atoms with Gasteiger partial charge in [-0.15, -0.1) is 0 Å². The fraction of sp³-hybridized carbons (Fsp3) is 0.136. The van der Waals surface area contributed by atoms with Crippen molar-refractivity contribution in [3.63, 3.8) is 0 Å². The van der Waals surface area contributed by atoms with Gasteiger partial charge < -0.3 is 20.5 Å². The molecule has 1 aliphatic rings. The van der Waals surface area contributed by atoms with Gasteiger partial charge in [-0.25, -0.2) is 14.8 Å². The number of para-hydroxylation sites is 1. The maximum absolute atomic E-state index is 11.8. The lowest BCUT2D eigenvalue weighted by molar-refractivity contribution is 0.0697. The third-order valence-corrected chi connectivity index (χ3v) is 5.13.